The van der Waals surface area contributed by atoms with Crippen LogP contribution in [0.4, 0.5) is 23.1 Å². The lowest BCUT2D eigenvalue weighted by Gasteiger charge is -2.19. The molecule has 0 radical (unpaired) electrons. The van der Waals surface area contributed by atoms with Crippen molar-refractivity contribution in [2.45, 2.75) is 26.9 Å². The molecular weight excluding hydrogens is 368 g/mol. The maximum Gasteiger partial charge on any atom is 0.229 e. The molecule has 0 aliphatic carbocycles. The molecule has 0 fully saturated rings. The van der Waals surface area contributed by atoms with Crippen molar-refractivity contribution < 1.29 is 14.2 Å². The molecule has 4 rings (SSSR count). The summed E-state index contributed by atoms with van der Waals surface area (Å²) in [6, 6.07) is 15.4. The number of anilines is 4. The first kappa shape index (κ1) is 18.9. The van der Waals surface area contributed by atoms with E-state index >= 15 is 0 Å². The number of aryl methyl sites for hydroxylation is 1. The third-order valence-corrected chi connectivity index (χ3v) is 4.15. The standard InChI is InChI=1S/C22H24N4O3/c1-14(2)29-18-7-4-16(5-8-18)24-21-12-15(3)23-22(26-21)25-17-6-9-19-20(13-17)28-11-10-27-19/h4-9,12-14H,10-11H2,1-3H3,(H2,23,24,25,26). The van der Waals surface area contributed by atoms with Gasteiger partial charge in [0.2, 0.25) is 5.95 Å². The first-order valence-electron chi connectivity index (χ1n) is 9.61. The summed E-state index contributed by atoms with van der Waals surface area (Å²) in [7, 11) is 0. The van der Waals surface area contributed by atoms with Gasteiger partial charge in [-0.3, -0.25) is 0 Å². The topological polar surface area (TPSA) is 77.5 Å². The highest BCUT2D eigenvalue weighted by Crippen LogP contribution is 2.33. The number of benzene rings is 2. The van der Waals surface area contributed by atoms with E-state index in [1.165, 1.54) is 0 Å². The minimum Gasteiger partial charge on any atom is -0.491 e. The Hall–Kier alpha value is -3.48. The van der Waals surface area contributed by atoms with Gasteiger partial charge in [0.1, 0.15) is 24.8 Å². The zero-order valence-electron chi connectivity index (χ0n) is 16.7. The van der Waals surface area contributed by atoms with Gasteiger partial charge in [0, 0.05) is 29.2 Å². The lowest BCUT2D eigenvalue weighted by atomic mass is 10.2. The van der Waals surface area contributed by atoms with Gasteiger partial charge in [-0.2, -0.15) is 4.98 Å². The predicted octanol–water partition coefficient (Wildman–Crippen LogP) is 4.83. The second-order valence-electron chi connectivity index (χ2n) is 7.02. The smallest absolute Gasteiger partial charge is 0.229 e. The molecule has 0 unspecified atom stereocenters. The van der Waals surface area contributed by atoms with E-state index in [4.69, 9.17) is 14.2 Å². The van der Waals surface area contributed by atoms with Crippen LogP contribution in [0.2, 0.25) is 0 Å². The molecule has 2 heterocycles. The summed E-state index contributed by atoms with van der Waals surface area (Å²) >= 11 is 0. The number of fused-ring (bicyclic) bond motifs is 1. The Morgan fingerprint density at radius 2 is 1.59 bits per heavy atom. The summed E-state index contributed by atoms with van der Waals surface area (Å²) < 4.78 is 16.9. The van der Waals surface area contributed by atoms with Gasteiger partial charge in [0.25, 0.3) is 0 Å². The first-order chi connectivity index (χ1) is 14.0. The average molecular weight is 392 g/mol. The van der Waals surface area contributed by atoms with Gasteiger partial charge >= 0.3 is 0 Å². The summed E-state index contributed by atoms with van der Waals surface area (Å²) in [6.45, 7) is 7.06. The number of hydrogen-bond acceptors (Lipinski definition) is 7. The number of aromatic nitrogens is 2. The Morgan fingerprint density at radius 1 is 0.862 bits per heavy atom. The normalized spacial score (nSPS) is 12.6. The number of ether oxygens (including phenoxy) is 3. The molecule has 2 N–H and O–H groups in total. The Labute approximate surface area is 170 Å². The molecule has 0 saturated heterocycles. The van der Waals surface area contributed by atoms with Gasteiger partial charge in [0.05, 0.1) is 6.10 Å². The van der Waals surface area contributed by atoms with Crippen LogP contribution in [-0.2, 0) is 0 Å². The molecule has 0 amide bonds. The molecule has 2 aromatic carbocycles. The molecule has 150 valence electrons. The van der Waals surface area contributed by atoms with Crippen LogP contribution in [0.25, 0.3) is 0 Å². The van der Waals surface area contributed by atoms with E-state index in [1.807, 2.05) is 69.3 Å². The van der Waals surface area contributed by atoms with E-state index in [9.17, 15) is 0 Å². The summed E-state index contributed by atoms with van der Waals surface area (Å²) in [5, 5.41) is 6.54. The molecule has 7 heteroatoms. The van der Waals surface area contributed by atoms with Gasteiger partial charge in [-0.25, -0.2) is 4.98 Å². The monoisotopic (exact) mass is 392 g/mol. The van der Waals surface area contributed by atoms with Crippen molar-refractivity contribution in [3.8, 4) is 17.2 Å². The van der Waals surface area contributed by atoms with Crippen molar-refractivity contribution in [1.82, 2.24) is 9.97 Å². The van der Waals surface area contributed by atoms with Gasteiger partial charge in [0.15, 0.2) is 11.5 Å². The maximum atomic E-state index is 5.68. The van der Waals surface area contributed by atoms with Gasteiger partial charge < -0.3 is 24.8 Å². The van der Waals surface area contributed by atoms with Crippen LogP contribution in [0.1, 0.15) is 19.5 Å². The highest BCUT2D eigenvalue weighted by molar-refractivity contribution is 5.63. The van der Waals surface area contributed by atoms with Crippen molar-refractivity contribution in [2.24, 2.45) is 0 Å². The van der Waals surface area contributed by atoms with E-state index in [1.54, 1.807) is 0 Å². The molecule has 0 bridgehead atoms. The van der Waals surface area contributed by atoms with Crippen molar-refractivity contribution in [1.29, 1.82) is 0 Å². The van der Waals surface area contributed by atoms with Crippen LogP contribution in [-0.4, -0.2) is 29.3 Å². The lowest BCUT2D eigenvalue weighted by Crippen LogP contribution is -2.15. The van der Waals surface area contributed by atoms with Crippen LogP contribution < -0.4 is 24.8 Å². The van der Waals surface area contributed by atoms with E-state index in [0.717, 1.165) is 34.3 Å². The minimum absolute atomic E-state index is 0.146. The maximum absolute atomic E-state index is 5.68. The van der Waals surface area contributed by atoms with Crippen LogP contribution in [0.3, 0.4) is 0 Å². The zero-order chi connectivity index (χ0) is 20.2. The summed E-state index contributed by atoms with van der Waals surface area (Å²) in [5.41, 5.74) is 2.60. The van der Waals surface area contributed by atoms with Gasteiger partial charge in [-0.05, 0) is 57.2 Å². The summed E-state index contributed by atoms with van der Waals surface area (Å²) in [5.74, 6) is 3.51. The molecule has 3 aromatic rings. The quantitative estimate of drug-likeness (QED) is 0.622. The summed E-state index contributed by atoms with van der Waals surface area (Å²) in [6.07, 6.45) is 0.146. The minimum atomic E-state index is 0.146. The molecule has 1 aliphatic heterocycles. The fourth-order valence-corrected chi connectivity index (χ4v) is 2.98. The molecule has 0 spiro atoms. The van der Waals surface area contributed by atoms with E-state index in [0.29, 0.717) is 25.0 Å². The molecule has 0 saturated carbocycles. The van der Waals surface area contributed by atoms with E-state index in [2.05, 4.69) is 20.6 Å². The molecule has 0 atom stereocenters. The molecule has 1 aromatic heterocycles. The lowest BCUT2D eigenvalue weighted by molar-refractivity contribution is 0.171. The van der Waals surface area contributed by atoms with Gasteiger partial charge in [-0.1, -0.05) is 0 Å². The third kappa shape index (κ3) is 4.87. The predicted molar refractivity (Wildman–Crippen MR) is 113 cm³/mol. The Morgan fingerprint density at radius 3 is 2.34 bits per heavy atom. The SMILES string of the molecule is Cc1cc(Nc2ccc(OC(C)C)cc2)nc(Nc2ccc3c(c2)OCCO3)n1. The molecule has 1 aliphatic rings. The first-order valence-corrected chi connectivity index (χ1v) is 9.61. The third-order valence-electron chi connectivity index (χ3n) is 4.15. The number of nitrogens with one attached hydrogen (secondary N) is 2. The zero-order valence-corrected chi connectivity index (χ0v) is 16.7. The number of hydrogen-bond donors (Lipinski definition) is 2. The second kappa shape index (κ2) is 8.26. The van der Waals surface area contributed by atoms with Crippen LogP contribution >= 0.6 is 0 Å². The van der Waals surface area contributed by atoms with Crippen molar-refractivity contribution >= 4 is 23.1 Å². The van der Waals surface area contributed by atoms with E-state index in [-0.39, 0.29) is 6.10 Å². The molecule has 29 heavy (non-hydrogen) atoms. The number of nitrogens with zero attached hydrogens (tertiary/aromatic N) is 2. The summed E-state index contributed by atoms with van der Waals surface area (Å²) in [4.78, 5) is 9.05. The fraction of sp³-hybridized carbons (Fsp3) is 0.273. The van der Waals surface area contributed by atoms with Crippen molar-refractivity contribution in [3.63, 3.8) is 0 Å². The Bertz CT molecular complexity index is 990. The average Bonchev–Trinajstić information content (AvgIpc) is 2.68. The van der Waals surface area contributed by atoms with Crippen molar-refractivity contribution in [3.05, 3.63) is 54.2 Å². The Balaban J connectivity index is 1.49. The fourth-order valence-electron chi connectivity index (χ4n) is 2.98. The Kier molecular flexibility index (Phi) is 5.37. The molecular formula is C22H24N4O3. The van der Waals surface area contributed by atoms with Crippen LogP contribution in [0.5, 0.6) is 17.2 Å². The van der Waals surface area contributed by atoms with Crippen molar-refractivity contribution in [2.75, 3.05) is 23.8 Å². The largest absolute Gasteiger partial charge is 0.491 e. The second-order valence-corrected chi connectivity index (χ2v) is 7.02. The number of rotatable bonds is 6. The van der Waals surface area contributed by atoms with Crippen LogP contribution in [0, 0.1) is 6.92 Å². The van der Waals surface area contributed by atoms with Crippen LogP contribution in [0.15, 0.2) is 48.5 Å². The molecule has 7 nitrogen and oxygen atoms in total. The highest BCUT2D eigenvalue weighted by Gasteiger charge is 2.12. The van der Waals surface area contributed by atoms with E-state index < -0.39 is 0 Å². The highest BCUT2D eigenvalue weighted by atomic mass is 16.6. The van der Waals surface area contributed by atoms with Gasteiger partial charge in [-0.15, -0.1) is 0 Å².